The van der Waals surface area contributed by atoms with E-state index in [4.69, 9.17) is 6.57 Å². The van der Waals surface area contributed by atoms with E-state index in [0.29, 0.717) is 16.9 Å². The molecule has 3 heterocycles. The summed E-state index contributed by atoms with van der Waals surface area (Å²) in [5, 5.41) is 17.7. The van der Waals surface area contributed by atoms with Crippen molar-refractivity contribution in [2.45, 2.75) is 0 Å². The molecule has 0 N–H and O–H groups in total. The molecule has 11 aromatic rings. The Morgan fingerprint density at radius 2 is 1.00 bits per heavy atom. The van der Waals surface area contributed by atoms with Crippen molar-refractivity contribution in [1.82, 2.24) is 13.7 Å². The van der Waals surface area contributed by atoms with Gasteiger partial charge in [0.2, 0.25) is 5.69 Å². The van der Waals surface area contributed by atoms with Gasteiger partial charge in [0, 0.05) is 38.0 Å². The summed E-state index contributed by atoms with van der Waals surface area (Å²) in [6.07, 6.45) is 0. The number of para-hydroxylation sites is 5. The molecule has 5 heteroatoms. The van der Waals surface area contributed by atoms with E-state index < -0.39 is 0 Å². The fourth-order valence-electron chi connectivity index (χ4n) is 8.86. The first-order valence-corrected chi connectivity index (χ1v) is 18.3. The standard InChI is InChI=1S/C50H29N5/c1-52-41-28-29-47(50(40(41)31-51)55-43-22-10-6-16-35(43)36-17-7-11-23-44(36)55)54-45-24-12-8-19-39(45)49-34(20-13-25-46(49)54)32-26-27-38-37-18-5-9-21-42(37)53(48(38)30-32)33-14-3-2-4-15-33/h2-30H. The number of nitrogens with zero attached hydrogens (tertiary/aromatic N) is 5. The monoisotopic (exact) mass is 699 g/mol. The lowest BCUT2D eigenvalue weighted by molar-refractivity contribution is 1.09. The lowest BCUT2D eigenvalue weighted by atomic mass is 9.98. The lowest BCUT2D eigenvalue weighted by Crippen LogP contribution is -2.06. The minimum Gasteiger partial charge on any atom is -0.309 e. The normalized spacial score (nSPS) is 11.6. The van der Waals surface area contributed by atoms with E-state index in [1.165, 1.54) is 16.3 Å². The van der Waals surface area contributed by atoms with Gasteiger partial charge in [0.1, 0.15) is 0 Å². The van der Waals surface area contributed by atoms with Gasteiger partial charge in [0.15, 0.2) is 0 Å². The van der Waals surface area contributed by atoms with Gasteiger partial charge in [-0.25, -0.2) is 4.85 Å². The van der Waals surface area contributed by atoms with Crippen LogP contribution in [0.4, 0.5) is 5.69 Å². The second-order valence-electron chi connectivity index (χ2n) is 13.9. The fraction of sp³-hybridized carbons (Fsp3) is 0. The number of aromatic nitrogens is 3. The Bertz CT molecular complexity index is 3400. The van der Waals surface area contributed by atoms with Gasteiger partial charge in [0.05, 0.1) is 62.7 Å². The van der Waals surface area contributed by atoms with Gasteiger partial charge >= 0.3 is 0 Å². The third-order valence-corrected chi connectivity index (χ3v) is 11.1. The Morgan fingerprint density at radius 1 is 0.455 bits per heavy atom. The Kier molecular flexibility index (Phi) is 6.61. The van der Waals surface area contributed by atoms with E-state index in [1.807, 2.05) is 30.3 Å². The minimum atomic E-state index is 0.326. The van der Waals surface area contributed by atoms with Crippen molar-refractivity contribution in [3.05, 3.63) is 193 Å². The van der Waals surface area contributed by atoms with Crippen LogP contribution in [0.3, 0.4) is 0 Å². The first-order chi connectivity index (χ1) is 27.2. The molecule has 0 spiro atoms. The maximum Gasteiger partial charge on any atom is 0.206 e. The summed E-state index contributed by atoms with van der Waals surface area (Å²) in [7, 11) is 0. The van der Waals surface area contributed by atoms with Gasteiger partial charge in [0.25, 0.3) is 0 Å². The topological polar surface area (TPSA) is 42.9 Å². The van der Waals surface area contributed by atoms with Crippen LogP contribution in [-0.2, 0) is 0 Å². The van der Waals surface area contributed by atoms with Crippen LogP contribution in [0.5, 0.6) is 0 Å². The number of rotatable bonds is 4. The first kappa shape index (κ1) is 30.7. The number of nitriles is 1. The van der Waals surface area contributed by atoms with Gasteiger partial charge in [-0.3, -0.25) is 0 Å². The molecule has 0 aliphatic carbocycles. The molecule has 254 valence electrons. The Hall–Kier alpha value is -7.86. The molecule has 0 saturated heterocycles. The second-order valence-corrected chi connectivity index (χ2v) is 13.9. The number of hydrogen-bond donors (Lipinski definition) is 0. The van der Waals surface area contributed by atoms with Crippen molar-refractivity contribution < 1.29 is 0 Å². The lowest BCUT2D eigenvalue weighted by Gasteiger charge is -2.19. The molecule has 0 saturated carbocycles. The maximum absolute atomic E-state index is 10.8. The molecule has 55 heavy (non-hydrogen) atoms. The minimum absolute atomic E-state index is 0.326. The number of hydrogen-bond acceptors (Lipinski definition) is 1. The predicted molar refractivity (Wildman–Crippen MR) is 226 cm³/mol. The first-order valence-electron chi connectivity index (χ1n) is 18.3. The quantitative estimate of drug-likeness (QED) is 0.169. The van der Waals surface area contributed by atoms with Crippen LogP contribution in [-0.4, -0.2) is 13.7 Å². The highest BCUT2D eigenvalue weighted by molar-refractivity contribution is 6.18. The Labute approximate surface area is 316 Å². The van der Waals surface area contributed by atoms with Gasteiger partial charge in [-0.1, -0.05) is 121 Å². The second kappa shape index (κ2) is 11.8. The third-order valence-electron chi connectivity index (χ3n) is 11.1. The molecule has 0 radical (unpaired) electrons. The molecule has 11 rings (SSSR count). The van der Waals surface area contributed by atoms with Gasteiger partial charge in [-0.15, -0.1) is 0 Å². The van der Waals surface area contributed by atoms with Crippen LogP contribution < -0.4 is 0 Å². The van der Waals surface area contributed by atoms with Crippen LogP contribution >= 0.6 is 0 Å². The fourth-order valence-corrected chi connectivity index (χ4v) is 8.86. The van der Waals surface area contributed by atoms with Crippen molar-refractivity contribution in [3.8, 4) is 34.3 Å². The Morgan fingerprint density at radius 3 is 1.64 bits per heavy atom. The molecule has 0 aliphatic rings. The van der Waals surface area contributed by atoms with E-state index in [1.54, 1.807) is 6.07 Å². The number of fused-ring (bicyclic) bond motifs is 9. The molecule has 0 fully saturated rings. The SMILES string of the molecule is [C-]#[N+]c1ccc(-n2c3ccccc3c3c(-c4ccc5c6ccccc6n(-c6ccccc6)c5c4)cccc32)c(-n2c3ccccc3c3ccccc32)c1C#N. The zero-order chi connectivity index (χ0) is 36.6. The summed E-state index contributed by atoms with van der Waals surface area (Å²) >= 11 is 0. The van der Waals surface area contributed by atoms with Crippen molar-refractivity contribution in [1.29, 1.82) is 5.26 Å². The molecule has 0 unspecified atom stereocenters. The summed E-state index contributed by atoms with van der Waals surface area (Å²) in [5.74, 6) is 0. The molecular formula is C50H29N5. The predicted octanol–water partition coefficient (Wildman–Crippen LogP) is 13.1. The van der Waals surface area contributed by atoms with E-state index in [-0.39, 0.29) is 0 Å². The number of benzene rings is 8. The highest BCUT2D eigenvalue weighted by atomic mass is 15.1. The molecule has 0 bridgehead atoms. The van der Waals surface area contributed by atoms with E-state index >= 15 is 0 Å². The smallest absolute Gasteiger partial charge is 0.206 e. The molecule has 0 amide bonds. The molecular weight excluding hydrogens is 671 g/mol. The van der Waals surface area contributed by atoms with Gasteiger partial charge in [-0.05, 0) is 65.7 Å². The van der Waals surface area contributed by atoms with Crippen molar-refractivity contribution in [3.63, 3.8) is 0 Å². The summed E-state index contributed by atoms with van der Waals surface area (Å²) < 4.78 is 6.81. The molecule has 3 aromatic heterocycles. The van der Waals surface area contributed by atoms with Crippen LogP contribution in [0, 0.1) is 17.9 Å². The summed E-state index contributed by atoms with van der Waals surface area (Å²) in [6.45, 7) is 8.09. The molecule has 8 aromatic carbocycles. The summed E-state index contributed by atoms with van der Waals surface area (Å²) in [5.41, 5.74) is 11.9. The van der Waals surface area contributed by atoms with E-state index in [2.05, 4.69) is 164 Å². The zero-order valence-electron chi connectivity index (χ0n) is 29.5. The summed E-state index contributed by atoms with van der Waals surface area (Å²) in [4.78, 5) is 3.85. The molecule has 0 aliphatic heterocycles. The highest BCUT2D eigenvalue weighted by Crippen LogP contribution is 2.44. The average Bonchev–Trinajstić information content (AvgIpc) is 3.89. The average molecular weight is 700 g/mol. The van der Waals surface area contributed by atoms with Crippen molar-refractivity contribution >= 4 is 71.1 Å². The van der Waals surface area contributed by atoms with Crippen LogP contribution in [0.1, 0.15) is 5.56 Å². The zero-order valence-corrected chi connectivity index (χ0v) is 29.5. The molecule has 5 nitrogen and oxygen atoms in total. The third kappa shape index (κ3) is 4.33. The van der Waals surface area contributed by atoms with E-state index in [9.17, 15) is 5.26 Å². The molecule has 0 atom stereocenters. The van der Waals surface area contributed by atoms with Crippen LogP contribution in [0.2, 0.25) is 0 Å². The van der Waals surface area contributed by atoms with Crippen LogP contribution in [0.25, 0.3) is 98.5 Å². The van der Waals surface area contributed by atoms with E-state index in [0.717, 1.165) is 71.6 Å². The van der Waals surface area contributed by atoms with Crippen molar-refractivity contribution in [2.24, 2.45) is 0 Å². The maximum atomic E-state index is 10.8. The van der Waals surface area contributed by atoms with Gasteiger partial charge in [-0.2, -0.15) is 5.26 Å². The van der Waals surface area contributed by atoms with Gasteiger partial charge < -0.3 is 13.7 Å². The largest absolute Gasteiger partial charge is 0.309 e. The Balaban J connectivity index is 1.24. The summed E-state index contributed by atoms with van der Waals surface area (Å²) in [6, 6.07) is 63.9. The highest BCUT2D eigenvalue weighted by Gasteiger charge is 2.25. The van der Waals surface area contributed by atoms with Crippen molar-refractivity contribution in [2.75, 3.05) is 0 Å². The van der Waals surface area contributed by atoms with Crippen LogP contribution in [0.15, 0.2) is 176 Å².